The second-order valence-electron chi connectivity index (χ2n) is 7.11. The number of rotatable bonds is 4. The molecular weight excluding hydrogens is 461 g/mol. The van der Waals surface area contributed by atoms with E-state index in [4.69, 9.17) is 34.8 Å². The van der Waals surface area contributed by atoms with Gasteiger partial charge in [-0.25, -0.2) is 9.67 Å². The van der Waals surface area contributed by atoms with Gasteiger partial charge in [0.25, 0.3) is 5.56 Å². The van der Waals surface area contributed by atoms with E-state index in [0.717, 1.165) is 16.8 Å². The minimum atomic E-state index is -0.490. The average Bonchev–Trinajstić information content (AvgIpc) is 3.11. The molecule has 4 rings (SSSR count). The molecule has 2 aromatic heterocycles. The molecule has 7 nitrogen and oxygen atoms in total. The van der Waals surface area contributed by atoms with Crippen molar-refractivity contribution < 1.29 is 4.79 Å². The summed E-state index contributed by atoms with van der Waals surface area (Å²) in [7, 11) is 0. The summed E-state index contributed by atoms with van der Waals surface area (Å²) in [5.41, 5.74) is 3.20. The lowest BCUT2D eigenvalue weighted by Gasteiger charge is -2.11. The van der Waals surface area contributed by atoms with Crippen LogP contribution in [0.3, 0.4) is 0 Å². The SMILES string of the molecule is Cc1cc(C)cc(-n2ncc3c(=O)n(CC(=O)Nc4c(Cl)cc(Cl)cc4Cl)cnc32)c1. The zero-order chi connectivity index (χ0) is 22.3. The number of hydrogen-bond donors (Lipinski definition) is 1. The maximum Gasteiger partial charge on any atom is 0.264 e. The molecule has 0 unspecified atom stereocenters. The molecule has 4 aromatic rings. The van der Waals surface area contributed by atoms with Gasteiger partial charge in [-0.2, -0.15) is 5.10 Å². The monoisotopic (exact) mass is 475 g/mol. The highest BCUT2D eigenvalue weighted by atomic mass is 35.5. The Kier molecular flexibility index (Phi) is 5.75. The van der Waals surface area contributed by atoms with Gasteiger partial charge in [-0.1, -0.05) is 40.9 Å². The number of aryl methyl sites for hydroxylation is 2. The van der Waals surface area contributed by atoms with E-state index in [-0.39, 0.29) is 27.8 Å². The predicted octanol–water partition coefficient (Wildman–Crippen LogP) is 4.80. The maximum atomic E-state index is 12.9. The summed E-state index contributed by atoms with van der Waals surface area (Å²) in [5, 5.41) is 7.97. The summed E-state index contributed by atoms with van der Waals surface area (Å²) in [4.78, 5) is 29.7. The lowest BCUT2D eigenvalue weighted by molar-refractivity contribution is -0.116. The number of carbonyl (C=O) groups excluding carboxylic acids is 1. The van der Waals surface area contributed by atoms with Crippen molar-refractivity contribution in [2.45, 2.75) is 20.4 Å². The Labute approximate surface area is 192 Å². The van der Waals surface area contributed by atoms with E-state index in [1.54, 1.807) is 4.68 Å². The second kappa shape index (κ2) is 8.34. The molecule has 0 aliphatic heterocycles. The Balaban J connectivity index is 1.63. The summed E-state index contributed by atoms with van der Waals surface area (Å²) in [6.45, 7) is 3.70. The van der Waals surface area contributed by atoms with Gasteiger partial charge in [0.2, 0.25) is 5.91 Å². The van der Waals surface area contributed by atoms with Crippen LogP contribution in [0.4, 0.5) is 5.69 Å². The van der Waals surface area contributed by atoms with Crippen molar-refractivity contribution >= 4 is 57.4 Å². The largest absolute Gasteiger partial charge is 0.322 e. The van der Waals surface area contributed by atoms with E-state index in [1.165, 1.54) is 29.2 Å². The zero-order valence-electron chi connectivity index (χ0n) is 16.5. The molecule has 0 aliphatic carbocycles. The number of nitrogens with one attached hydrogen (secondary N) is 1. The van der Waals surface area contributed by atoms with Crippen LogP contribution in [0.2, 0.25) is 15.1 Å². The quantitative estimate of drug-likeness (QED) is 0.459. The molecular formula is C21H16Cl3N5O2. The lowest BCUT2D eigenvalue weighted by Crippen LogP contribution is -2.28. The molecule has 0 saturated heterocycles. The molecule has 0 radical (unpaired) electrons. The van der Waals surface area contributed by atoms with Gasteiger partial charge in [-0.3, -0.25) is 14.2 Å². The fraction of sp³-hybridized carbons (Fsp3) is 0.143. The van der Waals surface area contributed by atoms with Crippen LogP contribution in [-0.2, 0) is 11.3 Å². The van der Waals surface area contributed by atoms with Crippen LogP contribution in [0.15, 0.2) is 47.7 Å². The van der Waals surface area contributed by atoms with Crippen molar-refractivity contribution in [3.63, 3.8) is 0 Å². The summed E-state index contributed by atoms with van der Waals surface area (Å²) in [6.07, 6.45) is 2.76. The fourth-order valence-corrected chi connectivity index (χ4v) is 4.23. The number of hydrogen-bond acceptors (Lipinski definition) is 4. The fourth-order valence-electron chi connectivity index (χ4n) is 3.32. The van der Waals surface area contributed by atoms with Gasteiger partial charge in [-0.05, 0) is 49.2 Å². The highest BCUT2D eigenvalue weighted by Crippen LogP contribution is 2.33. The Bertz CT molecular complexity index is 1350. The number of anilines is 1. The van der Waals surface area contributed by atoms with Crippen LogP contribution in [0.1, 0.15) is 11.1 Å². The van der Waals surface area contributed by atoms with E-state index in [0.29, 0.717) is 16.1 Å². The number of nitrogens with zero attached hydrogens (tertiary/aromatic N) is 4. The first-order valence-electron chi connectivity index (χ1n) is 9.19. The van der Waals surface area contributed by atoms with Gasteiger partial charge in [-0.15, -0.1) is 0 Å². The molecule has 0 spiro atoms. The molecule has 1 N–H and O–H groups in total. The third kappa shape index (κ3) is 4.30. The van der Waals surface area contributed by atoms with Gasteiger partial charge >= 0.3 is 0 Å². The normalized spacial score (nSPS) is 11.1. The van der Waals surface area contributed by atoms with E-state index in [9.17, 15) is 9.59 Å². The standard InChI is InChI=1S/C21H16Cl3N5O2/c1-11-3-12(2)5-14(4-11)29-20-15(8-26-29)21(31)28(10-25-20)9-18(30)27-19-16(23)6-13(22)7-17(19)24/h3-8,10H,9H2,1-2H3,(H,27,30). The van der Waals surface area contributed by atoms with Crippen molar-refractivity contribution in [1.29, 1.82) is 0 Å². The Morgan fingerprint density at radius 1 is 1.03 bits per heavy atom. The average molecular weight is 477 g/mol. The number of carbonyl (C=O) groups is 1. The van der Waals surface area contributed by atoms with Crippen LogP contribution in [0.25, 0.3) is 16.7 Å². The minimum absolute atomic E-state index is 0.196. The molecule has 2 aromatic carbocycles. The van der Waals surface area contributed by atoms with E-state index >= 15 is 0 Å². The van der Waals surface area contributed by atoms with Gasteiger partial charge in [0, 0.05) is 5.02 Å². The molecule has 0 saturated carbocycles. The summed E-state index contributed by atoms with van der Waals surface area (Å²) < 4.78 is 2.80. The van der Waals surface area contributed by atoms with Crippen LogP contribution in [-0.4, -0.2) is 25.2 Å². The highest BCUT2D eigenvalue weighted by molar-refractivity contribution is 6.42. The van der Waals surface area contributed by atoms with Crippen LogP contribution in [0.5, 0.6) is 0 Å². The van der Waals surface area contributed by atoms with Gasteiger partial charge in [0.15, 0.2) is 5.65 Å². The van der Waals surface area contributed by atoms with Gasteiger partial charge in [0.1, 0.15) is 18.3 Å². The Morgan fingerprint density at radius 2 is 1.68 bits per heavy atom. The molecule has 0 bridgehead atoms. The lowest BCUT2D eigenvalue weighted by atomic mass is 10.1. The topological polar surface area (TPSA) is 81.8 Å². The van der Waals surface area contributed by atoms with Crippen molar-refractivity contribution in [1.82, 2.24) is 19.3 Å². The summed E-state index contributed by atoms with van der Waals surface area (Å²) >= 11 is 18.1. The first kappa shape index (κ1) is 21.4. The van der Waals surface area contributed by atoms with Crippen LogP contribution < -0.4 is 10.9 Å². The van der Waals surface area contributed by atoms with E-state index in [2.05, 4.69) is 15.4 Å². The molecule has 2 heterocycles. The summed E-state index contributed by atoms with van der Waals surface area (Å²) in [5.74, 6) is -0.490. The van der Waals surface area contributed by atoms with Crippen LogP contribution in [0, 0.1) is 13.8 Å². The summed E-state index contributed by atoms with van der Waals surface area (Å²) in [6, 6.07) is 8.89. The van der Waals surface area contributed by atoms with E-state index in [1.807, 2.05) is 32.0 Å². The first-order chi connectivity index (χ1) is 14.7. The first-order valence-corrected chi connectivity index (χ1v) is 10.3. The molecule has 0 atom stereocenters. The highest BCUT2D eigenvalue weighted by Gasteiger charge is 2.16. The number of aromatic nitrogens is 4. The number of benzene rings is 2. The minimum Gasteiger partial charge on any atom is -0.322 e. The molecule has 0 aliphatic rings. The molecule has 31 heavy (non-hydrogen) atoms. The molecule has 0 fully saturated rings. The molecule has 10 heteroatoms. The number of amides is 1. The second-order valence-corrected chi connectivity index (χ2v) is 8.36. The molecule has 158 valence electrons. The number of fused-ring (bicyclic) bond motifs is 1. The maximum absolute atomic E-state index is 12.9. The Morgan fingerprint density at radius 3 is 2.32 bits per heavy atom. The molecule has 1 amide bonds. The Hall–Kier alpha value is -2.87. The smallest absolute Gasteiger partial charge is 0.264 e. The predicted molar refractivity (Wildman–Crippen MR) is 123 cm³/mol. The van der Waals surface area contributed by atoms with Crippen molar-refractivity contribution in [2.75, 3.05) is 5.32 Å². The van der Waals surface area contributed by atoms with Crippen molar-refractivity contribution in [3.05, 3.63) is 79.4 Å². The number of halogens is 3. The van der Waals surface area contributed by atoms with Crippen molar-refractivity contribution in [2.24, 2.45) is 0 Å². The van der Waals surface area contributed by atoms with E-state index < -0.39 is 5.91 Å². The zero-order valence-corrected chi connectivity index (χ0v) is 18.8. The van der Waals surface area contributed by atoms with Crippen molar-refractivity contribution in [3.8, 4) is 5.69 Å². The third-order valence-electron chi connectivity index (χ3n) is 4.59. The van der Waals surface area contributed by atoms with Crippen LogP contribution >= 0.6 is 34.8 Å². The van der Waals surface area contributed by atoms with Gasteiger partial charge < -0.3 is 5.32 Å². The third-order valence-corrected chi connectivity index (χ3v) is 5.41. The van der Waals surface area contributed by atoms with Gasteiger partial charge in [0.05, 0.1) is 27.6 Å².